The van der Waals surface area contributed by atoms with Gasteiger partial charge < -0.3 is 9.26 Å². The Morgan fingerprint density at radius 1 is 1.22 bits per heavy atom. The van der Waals surface area contributed by atoms with Crippen molar-refractivity contribution in [2.75, 3.05) is 0 Å². The number of ether oxygens (including phenoxy) is 1. The average Bonchev–Trinajstić information content (AvgIpc) is 2.99. The number of aryl methyl sites for hydroxylation is 1. The Hall–Kier alpha value is -2.02. The van der Waals surface area contributed by atoms with E-state index in [9.17, 15) is 9.59 Å². The molecule has 0 radical (unpaired) electrons. The number of halogens is 1. The molecule has 0 aliphatic carbocycles. The summed E-state index contributed by atoms with van der Waals surface area (Å²) in [7, 11) is 0. The maximum atomic E-state index is 11.9. The van der Waals surface area contributed by atoms with Gasteiger partial charge in [0.1, 0.15) is 0 Å². The van der Waals surface area contributed by atoms with E-state index in [1.807, 2.05) is 6.92 Å². The van der Waals surface area contributed by atoms with Gasteiger partial charge in [-0.05, 0) is 18.6 Å². The molecule has 1 aromatic carbocycles. The number of benzene rings is 1. The van der Waals surface area contributed by atoms with Crippen LogP contribution in [0.15, 0.2) is 33.3 Å². The quantitative estimate of drug-likeness (QED) is 0.514. The lowest BCUT2D eigenvalue weighted by atomic mass is 10.1. The highest BCUT2D eigenvalue weighted by molar-refractivity contribution is 9.10. The third-order valence-corrected chi connectivity index (χ3v) is 3.59. The van der Waals surface area contributed by atoms with Crippen LogP contribution in [0.5, 0.6) is 0 Å². The second-order valence-electron chi connectivity index (χ2n) is 4.95. The standard InChI is InChI=1S/C16H17BrN2O4/c1-2-3-14-18-15(23-19-14)10-22-16(21)9-8-13(20)11-4-6-12(17)7-5-11/h4-7H,2-3,8-10H2,1H3. The number of carbonyl (C=O) groups excluding carboxylic acids is 2. The predicted octanol–water partition coefficient (Wildman–Crippen LogP) is 3.49. The monoisotopic (exact) mass is 380 g/mol. The van der Waals surface area contributed by atoms with Crippen LogP contribution in [0.2, 0.25) is 0 Å². The zero-order chi connectivity index (χ0) is 16.7. The van der Waals surface area contributed by atoms with E-state index in [0.717, 1.165) is 17.3 Å². The zero-order valence-corrected chi connectivity index (χ0v) is 14.3. The first-order valence-electron chi connectivity index (χ1n) is 7.34. The van der Waals surface area contributed by atoms with Crippen LogP contribution >= 0.6 is 15.9 Å². The summed E-state index contributed by atoms with van der Waals surface area (Å²) in [6.45, 7) is 1.94. The molecule has 0 unspecified atom stereocenters. The molecule has 0 N–H and O–H groups in total. The number of hydrogen-bond acceptors (Lipinski definition) is 6. The summed E-state index contributed by atoms with van der Waals surface area (Å²) in [5.74, 6) is 0.299. The Morgan fingerprint density at radius 2 is 1.96 bits per heavy atom. The Bertz CT molecular complexity index is 667. The summed E-state index contributed by atoms with van der Waals surface area (Å²) in [6.07, 6.45) is 1.76. The van der Waals surface area contributed by atoms with Gasteiger partial charge in [0.2, 0.25) is 0 Å². The fourth-order valence-electron chi connectivity index (χ4n) is 1.88. The van der Waals surface area contributed by atoms with Crippen molar-refractivity contribution < 1.29 is 18.8 Å². The molecule has 0 spiro atoms. The first-order valence-corrected chi connectivity index (χ1v) is 8.13. The number of nitrogens with zero attached hydrogens (tertiary/aromatic N) is 2. The van der Waals surface area contributed by atoms with Crippen molar-refractivity contribution in [3.05, 3.63) is 46.0 Å². The van der Waals surface area contributed by atoms with Gasteiger partial charge in [-0.1, -0.05) is 40.1 Å². The molecule has 23 heavy (non-hydrogen) atoms. The SMILES string of the molecule is CCCc1noc(COC(=O)CCC(=O)c2ccc(Br)cc2)n1. The third-order valence-electron chi connectivity index (χ3n) is 3.06. The summed E-state index contributed by atoms with van der Waals surface area (Å²) >= 11 is 3.31. The van der Waals surface area contributed by atoms with Gasteiger partial charge in [-0.2, -0.15) is 4.98 Å². The van der Waals surface area contributed by atoms with Crippen LogP contribution in [0.3, 0.4) is 0 Å². The van der Waals surface area contributed by atoms with E-state index in [0.29, 0.717) is 11.4 Å². The van der Waals surface area contributed by atoms with Crippen LogP contribution in [-0.2, 0) is 22.6 Å². The minimum absolute atomic E-state index is 0.0187. The van der Waals surface area contributed by atoms with E-state index in [1.54, 1.807) is 24.3 Å². The van der Waals surface area contributed by atoms with E-state index < -0.39 is 5.97 Å². The van der Waals surface area contributed by atoms with Crippen LogP contribution in [0, 0.1) is 0 Å². The van der Waals surface area contributed by atoms with Gasteiger partial charge in [0.25, 0.3) is 5.89 Å². The van der Waals surface area contributed by atoms with Gasteiger partial charge in [-0.15, -0.1) is 0 Å². The normalized spacial score (nSPS) is 10.5. The molecule has 1 heterocycles. The maximum Gasteiger partial charge on any atom is 0.306 e. The molecule has 0 amide bonds. The Morgan fingerprint density at radius 3 is 2.65 bits per heavy atom. The fourth-order valence-corrected chi connectivity index (χ4v) is 2.15. The lowest BCUT2D eigenvalue weighted by Crippen LogP contribution is -2.08. The summed E-state index contributed by atoms with van der Waals surface area (Å²) in [5, 5.41) is 3.77. The molecule has 0 fully saturated rings. The number of Topliss-reactive ketones (excluding diaryl/α,β-unsaturated/α-hetero) is 1. The highest BCUT2D eigenvalue weighted by Gasteiger charge is 2.12. The molecule has 2 rings (SSSR count). The van der Waals surface area contributed by atoms with Gasteiger partial charge in [-0.3, -0.25) is 9.59 Å². The van der Waals surface area contributed by atoms with Crippen LogP contribution in [0.4, 0.5) is 0 Å². The second kappa shape index (κ2) is 8.57. The number of esters is 1. The van der Waals surface area contributed by atoms with Gasteiger partial charge in [-0.25, -0.2) is 0 Å². The molecule has 6 nitrogen and oxygen atoms in total. The molecule has 7 heteroatoms. The van der Waals surface area contributed by atoms with Crippen LogP contribution in [0.25, 0.3) is 0 Å². The summed E-state index contributed by atoms with van der Waals surface area (Å²) in [5.41, 5.74) is 0.571. The first-order chi connectivity index (χ1) is 11.1. The molecule has 0 saturated carbocycles. The van der Waals surface area contributed by atoms with Gasteiger partial charge in [0, 0.05) is 22.9 Å². The molecule has 0 saturated heterocycles. The van der Waals surface area contributed by atoms with Crippen LogP contribution in [-0.4, -0.2) is 21.9 Å². The van der Waals surface area contributed by atoms with E-state index in [2.05, 4.69) is 26.1 Å². The largest absolute Gasteiger partial charge is 0.456 e. The first kappa shape index (κ1) is 17.3. The van der Waals surface area contributed by atoms with E-state index in [-0.39, 0.29) is 31.1 Å². The van der Waals surface area contributed by atoms with Crippen LogP contribution < -0.4 is 0 Å². The van der Waals surface area contributed by atoms with Crippen molar-refractivity contribution in [3.63, 3.8) is 0 Å². The predicted molar refractivity (Wildman–Crippen MR) is 85.8 cm³/mol. The molecular formula is C16H17BrN2O4. The number of ketones is 1. The lowest BCUT2D eigenvalue weighted by molar-refractivity contribution is -0.145. The van der Waals surface area contributed by atoms with Crippen molar-refractivity contribution in [3.8, 4) is 0 Å². The topological polar surface area (TPSA) is 82.3 Å². The minimum Gasteiger partial charge on any atom is -0.456 e. The molecule has 0 aliphatic rings. The van der Waals surface area contributed by atoms with E-state index in [1.165, 1.54) is 0 Å². The van der Waals surface area contributed by atoms with Crippen molar-refractivity contribution in [1.82, 2.24) is 10.1 Å². The zero-order valence-electron chi connectivity index (χ0n) is 12.8. The third kappa shape index (κ3) is 5.59. The number of aromatic nitrogens is 2. The molecule has 0 bridgehead atoms. The number of rotatable bonds is 8. The molecule has 122 valence electrons. The molecule has 1 aromatic heterocycles. The van der Waals surface area contributed by atoms with Crippen molar-refractivity contribution >= 4 is 27.7 Å². The summed E-state index contributed by atoms with van der Waals surface area (Å²) in [6, 6.07) is 7.00. The average molecular weight is 381 g/mol. The molecule has 0 atom stereocenters. The highest BCUT2D eigenvalue weighted by Crippen LogP contribution is 2.13. The maximum absolute atomic E-state index is 11.9. The summed E-state index contributed by atoms with van der Waals surface area (Å²) < 4.78 is 10.9. The molecule has 0 aliphatic heterocycles. The van der Waals surface area contributed by atoms with Crippen LogP contribution in [0.1, 0.15) is 48.3 Å². The van der Waals surface area contributed by atoms with Crippen molar-refractivity contribution in [2.45, 2.75) is 39.2 Å². The molecule has 2 aromatic rings. The fraction of sp³-hybridized carbons (Fsp3) is 0.375. The lowest BCUT2D eigenvalue weighted by Gasteiger charge is -2.02. The Balaban J connectivity index is 1.74. The smallest absolute Gasteiger partial charge is 0.306 e. The Kier molecular flexibility index (Phi) is 6.46. The van der Waals surface area contributed by atoms with Gasteiger partial charge in [0.15, 0.2) is 18.2 Å². The van der Waals surface area contributed by atoms with E-state index >= 15 is 0 Å². The van der Waals surface area contributed by atoms with Gasteiger partial charge in [0.05, 0.1) is 6.42 Å². The Labute approximate surface area is 142 Å². The van der Waals surface area contributed by atoms with E-state index in [4.69, 9.17) is 9.26 Å². The second-order valence-corrected chi connectivity index (χ2v) is 5.86. The molecular weight excluding hydrogens is 364 g/mol. The van der Waals surface area contributed by atoms with Crippen molar-refractivity contribution in [2.24, 2.45) is 0 Å². The van der Waals surface area contributed by atoms with Crippen molar-refractivity contribution in [1.29, 1.82) is 0 Å². The number of hydrogen-bond donors (Lipinski definition) is 0. The highest BCUT2D eigenvalue weighted by atomic mass is 79.9. The minimum atomic E-state index is -0.467. The number of carbonyl (C=O) groups is 2. The summed E-state index contributed by atoms with van der Waals surface area (Å²) in [4.78, 5) is 27.7. The van der Waals surface area contributed by atoms with Gasteiger partial charge >= 0.3 is 5.97 Å².